The third kappa shape index (κ3) is 2.49. The van der Waals surface area contributed by atoms with Gasteiger partial charge < -0.3 is 5.11 Å². The fourth-order valence-electron chi connectivity index (χ4n) is 3.60. The Bertz CT molecular complexity index is 683. The van der Waals surface area contributed by atoms with Crippen LogP contribution in [0, 0.1) is 24.7 Å². The molecule has 2 aliphatic rings. The summed E-state index contributed by atoms with van der Waals surface area (Å²) >= 11 is 0. The number of benzene rings is 1. The van der Waals surface area contributed by atoms with Crippen LogP contribution in [0.2, 0.25) is 0 Å². The van der Waals surface area contributed by atoms with Crippen molar-refractivity contribution >= 4 is 15.8 Å². The first-order valence-corrected chi connectivity index (χ1v) is 9.02. The highest BCUT2D eigenvalue weighted by Crippen LogP contribution is 2.41. The zero-order chi connectivity index (χ0) is 16.1. The molecule has 6 heteroatoms. The number of aliphatic hydroxyl groups excluding tert-OH is 1. The topological polar surface area (TPSA) is 74.7 Å². The standard InChI is InChI=1S/C16H21NO4S/c1-10-3-5-12(6-4-10)22(20,21)17-8-14-11(2)15(18)7-13(14)16(19)9-17/h3-6,11,13-15,18H,7-9H2,1-2H3/t11-,13+,14-,15-/m0/s1. The van der Waals surface area contributed by atoms with Crippen LogP contribution < -0.4 is 0 Å². The van der Waals surface area contributed by atoms with E-state index in [1.165, 1.54) is 4.31 Å². The molecule has 1 aromatic rings. The first-order chi connectivity index (χ1) is 10.3. The molecule has 1 aliphatic heterocycles. The second-order valence-corrected chi connectivity index (χ2v) is 8.45. The maximum Gasteiger partial charge on any atom is 0.243 e. The minimum atomic E-state index is -3.66. The lowest BCUT2D eigenvalue weighted by atomic mass is 9.85. The second kappa shape index (κ2) is 5.44. The average molecular weight is 323 g/mol. The van der Waals surface area contributed by atoms with E-state index in [2.05, 4.69) is 0 Å². The normalized spacial score (nSPS) is 33.0. The Kier molecular flexibility index (Phi) is 3.87. The Morgan fingerprint density at radius 1 is 1.23 bits per heavy atom. The number of piperidine rings is 1. The van der Waals surface area contributed by atoms with Gasteiger partial charge in [0.05, 0.1) is 17.5 Å². The molecule has 0 amide bonds. The highest BCUT2D eigenvalue weighted by atomic mass is 32.2. The molecule has 1 aromatic carbocycles. The monoisotopic (exact) mass is 323 g/mol. The van der Waals surface area contributed by atoms with Crippen molar-refractivity contribution < 1.29 is 18.3 Å². The highest BCUT2D eigenvalue weighted by Gasteiger charge is 2.49. The summed E-state index contributed by atoms with van der Waals surface area (Å²) in [4.78, 5) is 12.5. The van der Waals surface area contributed by atoms with E-state index in [1.54, 1.807) is 24.3 Å². The summed E-state index contributed by atoms with van der Waals surface area (Å²) in [7, 11) is -3.66. The average Bonchev–Trinajstić information content (AvgIpc) is 2.76. The lowest BCUT2D eigenvalue weighted by Gasteiger charge is -2.34. The summed E-state index contributed by atoms with van der Waals surface area (Å²) in [5.74, 6) is -0.411. The molecule has 120 valence electrons. The number of hydrogen-bond acceptors (Lipinski definition) is 4. The maximum atomic E-state index is 12.7. The largest absolute Gasteiger partial charge is 0.393 e. The number of nitrogens with zero attached hydrogens (tertiary/aromatic N) is 1. The smallest absolute Gasteiger partial charge is 0.243 e. The van der Waals surface area contributed by atoms with E-state index in [-0.39, 0.29) is 35.0 Å². The second-order valence-electron chi connectivity index (χ2n) is 6.51. The van der Waals surface area contributed by atoms with Crippen molar-refractivity contribution in [3.63, 3.8) is 0 Å². The van der Waals surface area contributed by atoms with Gasteiger partial charge in [-0.1, -0.05) is 24.6 Å². The molecule has 0 aromatic heterocycles. The lowest BCUT2D eigenvalue weighted by molar-refractivity contribution is -0.127. The molecule has 22 heavy (non-hydrogen) atoms. The van der Waals surface area contributed by atoms with Crippen molar-refractivity contribution in [3.8, 4) is 0 Å². The van der Waals surface area contributed by atoms with Crippen molar-refractivity contribution in [1.82, 2.24) is 4.31 Å². The van der Waals surface area contributed by atoms with Gasteiger partial charge in [0.15, 0.2) is 5.78 Å². The molecular weight excluding hydrogens is 302 g/mol. The molecule has 0 bridgehead atoms. The van der Waals surface area contributed by atoms with E-state index in [9.17, 15) is 18.3 Å². The SMILES string of the molecule is Cc1ccc(S(=O)(=O)N2CC(=O)[C@@H]3C[C@H](O)[C@@H](C)[C@@H]3C2)cc1. The Balaban J connectivity index is 1.89. The van der Waals surface area contributed by atoms with Crippen molar-refractivity contribution in [1.29, 1.82) is 0 Å². The number of Topliss-reactive ketones (excluding diaryl/α,β-unsaturated/α-hetero) is 1. The number of aliphatic hydroxyl groups is 1. The number of ketones is 1. The third-order valence-electron chi connectivity index (χ3n) is 5.11. The quantitative estimate of drug-likeness (QED) is 0.887. The van der Waals surface area contributed by atoms with Gasteiger partial charge in [0.25, 0.3) is 0 Å². The van der Waals surface area contributed by atoms with E-state index in [4.69, 9.17) is 0 Å². The van der Waals surface area contributed by atoms with Crippen LogP contribution in [0.25, 0.3) is 0 Å². The molecule has 4 atom stereocenters. The number of aryl methyl sites for hydroxylation is 1. The molecule has 1 aliphatic carbocycles. The maximum absolute atomic E-state index is 12.7. The van der Waals surface area contributed by atoms with Gasteiger partial charge in [-0.15, -0.1) is 0 Å². The summed E-state index contributed by atoms with van der Waals surface area (Å²) in [6.07, 6.45) is -0.0516. The number of carbonyl (C=O) groups is 1. The van der Waals surface area contributed by atoms with Gasteiger partial charge in [0.1, 0.15) is 0 Å². The van der Waals surface area contributed by atoms with E-state index >= 15 is 0 Å². The van der Waals surface area contributed by atoms with Crippen LogP contribution in [-0.2, 0) is 14.8 Å². The summed E-state index contributed by atoms with van der Waals surface area (Å²) < 4.78 is 26.7. The van der Waals surface area contributed by atoms with Crippen molar-refractivity contribution in [3.05, 3.63) is 29.8 Å². The van der Waals surface area contributed by atoms with E-state index in [0.29, 0.717) is 13.0 Å². The first kappa shape index (κ1) is 15.6. The Labute approximate surface area is 131 Å². The number of carbonyl (C=O) groups excluding carboxylic acids is 1. The Morgan fingerprint density at radius 3 is 2.50 bits per heavy atom. The van der Waals surface area contributed by atoms with Crippen LogP contribution in [0.15, 0.2) is 29.2 Å². The van der Waals surface area contributed by atoms with Crippen LogP contribution in [0.1, 0.15) is 18.9 Å². The van der Waals surface area contributed by atoms with E-state index in [1.807, 2.05) is 13.8 Å². The fraction of sp³-hybridized carbons (Fsp3) is 0.562. The molecule has 1 saturated heterocycles. The molecule has 5 nitrogen and oxygen atoms in total. The highest BCUT2D eigenvalue weighted by molar-refractivity contribution is 7.89. The molecule has 1 heterocycles. The van der Waals surface area contributed by atoms with Gasteiger partial charge in [-0.05, 0) is 37.3 Å². The van der Waals surface area contributed by atoms with Gasteiger partial charge in [-0.25, -0.2) is 8.42 Å². The number of hydrogen-bond donors (Lipinski definition) is 1. The van der Waals surface area contributed by atoms with Crippen LogP contribution >= 0.6 is 0 Å². The third-order valence-corrected chi connectivity index (χ3v) is 6.94. The summed E-state index contributed by atoms with van der Waals surface area (Å²) in [5.41, 5.74) is 0.987. The lowest BCUT2D eigenvalue weighted by Crippen LogP contribution is -2.48. The molecule has 1 N–H and O–H groups in total. The number of rotatable bonds is 2. The molecule has 2 fully saturated rings. The summed E-state index contributed by atoms with van der Waals surface area (Å²) in [6.45, 7) is 4.01. The fourth-order valence-corrected chi connectivity index (χ4v) is 5.04. The van der Waals surface area contributed by atoms with Crippen LogP contribution in [0.3, 0.4) is 0 Å². The minimum absolute atomic E-state index is 0.0510. The van der Waals surface area contributed by atoms with Crippen LogP contribution in [0.5, 0.6) is 0 Å². The van der Waals surface area contributed by atoms with Crippen molar-refractivity contribution in [2.24, 2.45) is 17.8 Å². The molecule has 0 radical (unpaired) electrons. The zero-order valence-electron chi connectivity index (χ0n) is 12.8. The van der Waals surface area contributed by atoms with Gasteiger partial charge in [-0.3, -0.25) is 4.79 Å². The Morgan fingerprint density at radius 2 is 1.86 bits per heavy atom. The molecule has 3 rings (SSSR count). The molecular formula is C16H21NO4S. The molecule has 0 unspecified atom stereocenters. The predicted molar refractivity (Wildman–Crippen MR) is 81.7 cm³/mol. The number of fused-ring (bicyclic) bond motifs is 1. The van der Waals surface area contributed by atoms with Gasteiger partial charge in [-0.2, -0.15) is 4.31 Å². The van der Waals surface area contributed by atoms with E-state index in [0.717, 1.165) is 5.56 Å². The van der Waals surface area contributed by atoms with Gasteiger partial charge >= 0.3 is 0 Å². The Hall–Kier alpha value is -1.24. The molecule has 1 saturated carbocycles. The summed E-state index contributed by atoms with van der Waals surface area (Å²) in [5, 5.41) is 9.96. The summed E-state index contributed by atoms with van der Waals surface area (Å²) in [6, 6.07) is 6.66. The first-order valence-electron chi connectivity index (χ1n) is 7.58. The zero-order valence-corrected chi connectivity index (χ0v) is 13.6. The van der Waals surface area contributed by atoms with Crippen LogP contribution in [0.4, 0.5) is 0 Å². The molecule has 0 spiro atoms. The van der Waals surface area contributed by atoms with Crippen LogP contribution in [-0.4, -0.2) is 42.8 Å². The van der Waals surface area contributed by atoms with Crippen molar-refractivity contribution in [2.45, 2.75) is 31.3 Å². The van der Waals surface area contributed by atoms with Gasteiger partial charge in [0, 0.05) is 12.5 Å². The number of sulfonamides is 1. The van der Waals surface area contributed by atoms with E-state index < -0.39 is 16.1 Å². The van der Waals surface area contributed by atoms with Crippen molar-refractivity contribution in [2.75, 3.05) is 13.1 Å². The predicted octanol–water partition coefficient (Wildman–Crippen LogP) is 1.20. The minimum Gasteiger partial charge on any atom is -0.393 e. The van der Waals surface area contributed by atoms with Gasteiger partial charge in [0.2, 0.25) is 10.0 Å².